The molecule has 0 heterocycles. The quantitative estimate of drug-likeness (QED) is 0.677. The first-order valence-corrected chi connectivity index (χ1v) is 5.26. The summed E-state index contributed by atoms with van der Waals surface area (Å²) in [6, 6.07) is 0. The Balaban J connectivity index is 2.89. The normalized spacial score (nSPS) is 27.6. The molecule has 0 fully saturated rings. The second kappa shape index (κ2) is 4.16. The molecule has 13 heavy (non-hydrogen) atoms. The molecule has 0 saturated carbocycles. The van der Waals surface area contributed by atoms with Crippen molar-refractivity contribution in [3.8, 4) is 0 Å². The molecule has 0 bridgehead atoms. The third-order valence-electron chi connectivity index (χ3n) is 2.67. The zero-order valence-corrected chi connectivity index (χ0v) is 9.14. The molecule has 1 aliphatic rings. The van der Waals surface area contributed by atoms with Crippen molar-refractivity contribution in [3.05, 3.63) is 35.3 Å². The van der Waals surface area contributed by atoms with Gasteiger partial charge in [0.2, 0.25) is 0 Å². The van der Waals surface area contributed by atoms with E-state index in [9.17, 15) is 0 Å². The number of hydrogen-bond donors (Lipinski definition) is 1. The van der Waals surface area contributed by atoms with Gasteiger partial charge in [-0.2, -0.15) is 0 Å². The number of rotatable bonds is 2. The highest BCUT2D eigenvalue weighted by Crippen LogP contribution is 2.33. The van der Waals surface area contributed by atoms with Crippen molar-refractivity contribution >= 4 is 12.0 Å². The van der Waals surface area contributed by atoms with E-state index in [1.54, 1.807) is 0 Å². The van der Waals surface area contributed by atoms with E-state index in [4.69, 9.17) is 4.55 Å². The van der Waals surface area contributed by atoms with E-state index >= 15 is 0 Å². The highest BCUT2D eigenvalue weighted by Gasteiger charge is 2.22. The van der Waals surface area contributed by atoms with E-state index < -0.39 is 0 Å². The van der Waals surface area contributed by atoms with Crippen LogP contribution in [0.1, 0.15) is 20.8 Å². The Hall–Kier alpha value is -0.470. The molecule has 0 aromatic carbocycles. The molecule has 0 aromatic rings. The summed E-state index contributed by atoms with van der Waals surface area (Å²) in [7, 11) is 0. The lowest BCUT2D eigenvalue weighted by Gasteiger charge is -2.26. The minimum atomic E-state index is 0.105. The molecule has 1 aliphatic carbocycles. The molecule has 0 amide bonds. The standard InChI is InChI=1S/C11H16OS/c1-9(2)11(3)7-4-5-10(13-12)6-8-11/h4-9,12H,1-3H3. The zero-order valence-electron chi connectivity index (χ0n) is 8.32. The van der Waals surface area contributed by atoms with Gasteiger partial charge in [-0.15, -0.1) is 0 Å². The summed E-state index contributed by atoms with van der Waals surface area (Å²) in [5, 5.41) is 0. The van der Waals surface area contributed by atoms with Gasteiger partial charge in [0, 0.05) is 22.4 Å². The first-order chi connectivity index (χ1) is 6.08. The van der Waals surface area contributed by atoms with E-state index in [1.165, 1.54) is 0 Å². The fourth-order valence-electron chi connectivity index (χ4n) is 1.17. The number of allylic oxidation sites excluding steroid dienone is 5. The average molecular weight is 196 g/mol. The van der Waals surface area contributed by atoms with Gasteiger partial charge in [-0.1, -0.05) is 39.0 Å². The van der Waals surface area contributed by atoms with Crippen LogP contribution < -0.4 is 0 Å². The van der Waals surface area contributed by atoms with Crippen LogP contribution in [0.2, 0.25) is 0 Å². The summed E-state index contributed by atoms with van der Waals surface area (Å²) in [6.45, 7) is 6.60. The third kappa shape index (κ3) is 2.48. The maximum atomic E-state index is 8.89. The van der Waals surface area contributed by atoms with Crippen LogP contribution in [0.25, 0.3) is 0 Å². The lowest BCUT2D eigenvalue weighted by Crippen LogP contribution is -2.17. The Morgan fingerprint density at radius 3 is 2.62 bits per heavy atom. The summed E-state index contributed by atoms with van der Waals surface area (Å²) >= 11 is 0.795. The lowest BCUT2D eigenvalue weighted by molar-refractivity contribution is 0.383. The first kappa shape index (κ1) is 10.6. The van der Waals surface area contributed by atoms with Crippen molar-refractivity contribution in [1.82, 2.24) is 0 Å². The van der Waals surface area contributed by atoms with Gasteiger partial charge >= 0.3 is 0 Å². The molecular weight excluding hydrogens is 180 g/mol. The van der Waals surface area contributed by atoms with Crippen LogP contribution in [0.15, 0.2) is 35.3 Å². The maximum absolute atomic E-state index is 8.89. The highest BCUT2D eigenvalue weighted by atomic mass is 32.2. The second-order valence-corrected chi connectivity index (χ2v) is 4.53. The van der Waals surface area contributed by atoms with Gasteiger partial charge < -0.3 is 4.55 Å². The molecule has 0 spiro atoms. The third-order valence-corrected chi connectivity index (χ3v) is 3.15. The van der Waals surface area contributed by atoms with Crippen LogP contribution in [-0.2, 0) is 0 Å². The molecule has 2 heteroatoms. The van der Waals surface area contributed by atoms with Gasteiger partial charge in [0.05, 0.1) is 0 Å². The van der Waals surface area contributed by atoms with Crippen molar-refractivity contribution in [2.24, 2.45) is 11.3 Å². The van der Waals surface area contributed by atoms with Gasteiger partial charge in [0.25, 0.3) is 0 Å². The highest BCUT2D eigenvalue weighted by molar-refractivity contribution is 7.97. The fraction of sp³-hybridized carbons (Fsp3) is 0.455. The Kier molecular flexibility index (Phi) is 3.40. The van der Waals surface area contributed by atoms with Crippen LogP contribution in [-0.4, -0.2) is 4.55 Å². The van der Waals surface area contributed by atoms with E-state index in [0.29, 0.717) is 5.92 Å². The summed E-state index contributed by atoms with van der Waals surface area (Å²) in [6.07, 6.45) is 10.2. The predicted octanol–water partition coefficient (Wildman–Crippen LogP) is 3.86. The van der Waals surface area contributed by atoms with Gasteiger partial charge in [-0.3, -0.25) is 0 Å². The Morgan fingerprint density at radius 1 is 1.38 bits per heavy atom. The van der Waals surface area contributed by atoms with Crippen LogP contribution in [0.5, 0.6) is 0 Å². The average Bonchev–Trinajstić information content (AvgIpc) is 2.28. The fourth-order valence-corrected chi connectivity index (χ4v) is 1.44. The molecule has 72 valence electrons. The SMILES string of the molecule is CC(C)C1(C)C=CC=C(SO)C=C1. The second-order valence-electron chi connectivity index (χ2n) is 3.87. The molecule has 0 radical (unpaired) electrons. The van der Waals surface area contributed by atoms with Crippen LogP contribution in [0.4, 0.5) is 0 Å². The summed E-state index contributed by atoms with van der Waals surface area (Å²) in [5.74, 6) is 0.566. The molecule has 1 atom stereocenters. The monoisotopic (exact) mass is 196 g/mol. The van der Waals surface area contributed by atoms with Crippen molar-refractivity contribution in [1.29, 1.82) is 0 Å². The molecule has 0 aromatic heterocycles. The summed E-state index contributed by atoms with van der Waals surface area (Å²) in [4.78, 5) is 0.889. The maximum Gasteiger partial charge on any atom is 0.0347 e. The van der Waals surface area contributed by atoms with E-state index in [-0.39, 0.29) is 5.41 Å². The van der Waals surface area contributed by atoms with Crippen LogP contribution in [0.3, 0.4) is 0 Å². The summed E-state index contributed by atoms with van der Waals surface area (Å²) < 4.78 is 8.89. The van der Waals surface area contributed by atoms with Crippen molar-refractivity contribution in [2.45, 2.75) is 20.8 Å². The molecule has 1 N–H and O–H groups in total. The lowest BCUT2D eigenvalue weighted by atomic mass is 9.79. The molecular formula is C11H16OS. The zero-order chi connectivity index (χ0) is 9.90. The van der Waals surface area contributed by atoms with Gasteiger partial charge in [0.15, 0.2) is 0 Å². The molecule has 0 saturated heterocycles. The van der Waals surface area contributed by atoms with E-state index in [2.05, 4.69) is 32.9 Å². The minimum Gasteiger partial charge on any atom is -0.325 e. The Morgan fingerprint density at radius 2 is 2.08 bits per heavy atom. The topological polar surface area (TPSA) is 20.2 Å². The molecule has 0 aliphatic heterocycles. The Labute approximate surface area is 84.4 Å². The van der Waals surface area contributed by atoms with Gasteiger partial charge in [-0.25, -0.2) is 0 Å². The van der Waals surface area contributed by atoms with Crippen molar-refractivity contribution in [3.63, 3.8) is 0 Å². The molecule has 1 unspecified atom stereocenters. The predicted molar refractivity (Wildman–Crippen MR) is 59.5 cm³/mol. The van der Waals surface area contributed by atoms with Crippen molar-refractivity contribution < 1.29 is 4.55 Å². The van der Waals surface area contributed by atoms with Crippen LogP contribution in [0, 0.1) is 11.3 Å². The largest absolute Gasteiger partial charge is 0.325 e. The van der Waals surface area contributed by atoms with Gasteiger partial charge in [-0.05, 0) is 18.1 Å². The molecule has 1 rings (SSSR count). The first-order valence-electron chi connectivity index (χ1n) is 4.48. The van der Waals surface area contributed by atoms with Gasteiger partial charge in [0.1, 0.15) is 0 Å². The summed E-state index contributed by atoms with van der Waals surface area (Å²) in [5.41, 5.74) is 0.105. The molecule has 1 nitrogen and oxygen atoms in total. The van der Waals surface area contributed by atoms with E-state index in [0.717, 1.165) is 16.9 Å². The number of hydrogen-bond acceptors (Lipinski definition) is 2. The minimum absolute atomic E-state index is 0.105. The van der Waals surface area contributed by atoms with Crippen molar-refractivity contribution in [2.75, 3.05) is 0 Å². The Bertz CT molecular complexity index is 263. The van der Waals surface area contributed by atoms with E-state index in [1.807, 2.05) is 18.2 Å². The van der Waals surface area contributed by atoms with Crippen LogP contribution >= 0.6 is 12.0 Å². The smallest absolute Gasteiger partial charge is 0.0347 e.